The molecule has 1 unspecified atom stereocenters. The Bertz CT molecular complexity index is 306. The summed E-state index contributed by atoms with van der Waals surface area (Å²) in [5.74, 6) is 0. The van der Waals surface area contributed by atoms with Crippen LogP contribution in [0.1, 0.15) is 66.7 Å². The van der Waals surface area contributed by atoms with Crippen LogP contribution in [0.2, 0.25) is 0 Å². The molecule has 2 rings (SSSR count). The van der Waals surface area contributed by atoms with E-state index in [1.165, 1.54) is 45.3 Å². The van der Waals surface area contributed by atoms with E-state index in [-0.39, 0.29) is 11.2 Å². The molecule has 2 aliphatic heterocycles. The van der Waals surface area contributed by atoms with E-state index in [0.717, 1.165) is 6.42 Å². The van der Waals surface area contributed by atoms with Crippen LogP contribution in [-0.4, -0.2) is 47.8 Å². The molecule has 0 aromatic heterocycles. The highest BCUT2D eigenvalue weighted by atomic mass is 16.5. The summed E-state index contributed by atoms with van der Waals surface area (Å²) in [7, 11) is 0. The summed E-state index contributed by atoms with van der Waals surface area (Å²) < 4.78 is 6.19. The predicted octanol–water partition coefficient (Wildman–Crippen LogP) is 3.19. The van der Waals surface area contributed by atoms with Crippen LogP contribution in [-0.2, 0) is 4.74 Å². The van der Waals surface area contributed by atoms with Crippen LogP contribution in [0.25, 0.3) is 0 Å². The highest BCUT2D eigenvalue weighted by Gasteiger charge is 2.46. The fourth-order valence-electron chi connectivity index (χ4n) is 3.81. The molecule has 0 saturated carbocycles. The second kappa shape index (κ2) is 6.33. The molecule has 1 N–H and O–H groups in total. The number of ether oxygens (including phenoxy) is 1. The van der Waals surface area contributed by atoms with Crippen LogP contribution >= 0.6 is 0 Å². The molecule has 2 aliphatic rings. The van der Waals surface area contributed by atoms with E-state index in [0.29, 0.717) is 12.1 Å². The first-order valence-corrected chi connectivity index (χ1v) is 8.51. The zero-order chi connectivity index (χ0) is 14.8. The number of rotatable bonds is 5. The fourth-order valence-corrected chi connectivity index (χ4v) is 3.81. The first-order valence-electron chi connectivity index (χ1n) is 8.51. The second-order valence-corrected chi connectivity index (χ2v) is 7.86. The number of unbranched alkanes of at least 4 members (excludes halogenated alkanes) is 1. The Labute approximate surface area is 125 Å². The van der Waals surface area contributed by atoms with E-state index in [1.54, 1.807) is 0 Å². The zero-order valence-corrected chi connectivity index (χ0v) is 14.2. The zero-order valence-electron chi connectivity index (χ0n) is 14.2. The number of likely N-dealkylation sites (tertiary alicyclic amines) is 1. The van der Waals surface area contributed by atoms with E-state index < -0.39 is 0 Å². The van der Waals surface area contributed by atoms with Gasteiger partial charge in [0.15, 0.2) is 0 Å². The minimum absolute atomic E-state index is 0.0169. The second-order valence-electron chi connectivity index (χ2n) is 7.86. The summed E-state index contributed by atoms with van der Waals surface area (Å²) in [5, 5.41) is 3.89. The Balaban J connectivity index is 1.78. The van der Waals surface area contributed by atoms with Gasteiger partial charge in [-0.15, -0.1) is 0 Å². The minimum atomic E-state index is -0.0388. The summed E-state index contributed by atoms with van der Waals surface area (Å²) in [6, 6.07) is 1.17. The molecule has 1 atom stereocenters. The van der Waals surface area contributed by atoms with Crippen molar-refractivity contribution in [2.45, 2.75) is 90.0 Å². The standard InChI is InChI=1S/C17H34N2O/c1-6-7-10-19-11-8-14(9-12-19)18-15-13-16(2,3)20-17(15,4)5/h14-15,18H,6-13H2,1-5H3. The molecule has 2 heterocycles. The summed E-state index contributed by atoms with van der Waals surface area (Å²) in [6.07, 6.45) is 6.35. The molecular weight excluding hydrogens is 248 g/mol. The normalized spacial score (nSPS) is 30.8. The Morgan fingerprint density at radius 3 is 2.30 bits per heavy atom. The topological polar surface area (TPSA) is 24.5 Å². The largest absolute Gasteiger partial charge is 0.368 e. The van der Waals surface area contributed by atoms with Crippen LogP contribution in [0, 0.1) is 0 Å². The fraction of sp³-hybridized carbons (Fsp3) is 1.00. The van der Waals surface area contributed by atoms with Gasteiger partial charge in [-0.2, -0.15) is 0 Å². The molecule has 3 heteroatoms. The molecule has 0 aliphatic carbocycles. The molecule has 0 amide bonds. The van der Waals surface area contributed by atoms with Crippen molar-refractivity contribution >= 4 is 0 Å². The van der Waals surface area contributed by atoms with Gasteiger partial charge in [0.05, 0.1) is 11.2 Å². The molecule has 118 valence electrons. The average Bonchev–Trinajstić information content (AvgIpc) is 2.56. The first-order chi connectivity index (χ1) is 9.32. The van der Waals surface area contributed by atoms with Crippen LogP contribution in [0.15, 0.2) is 0 Å². The Hall–Kier alpha value is -0.120. The Morgan fingerprint density at radius 1 is 1.15 bits per heavy atom. The number of hydrogen-bond acceptors (Lipinski definition) is 3. The SMILES string of the molecule is CCCCN1CCC(NC2CC(C)(C)OC2(C)C)CC1. The van der Waals surface area contributed by atoms with Crippen molar-refractivity contribution in [3.05, 3.63) is 0 Å². The first kappa shape index (κ1) is 16.3. The number of hydrogen-bond donors (Lipinski definition) is 1. The molecule has 2 fully saturated rings. The minimum Gasteiger partial charge on any atom is -0.368 e. The molecule has 0 bridgehead atoms. The molecular formula is C17H34N2O. The predicted molar refractivity (Wildman–Crippen MR) is 85.2 cm³/mol. The molecule has 0 aromatic carbocycles. The third-order valence-corrected chi connectivity index (χ3v) is 4.93. The van der Waals surface area contributed by atoms with E-state index in [2.05, 4.69) is 44.8 Å². The molecule has 0 spiro atoms. The van der Waals surface area contributed by atoms with Crippen LogP contribution < -0.4 is 5.32 Å². The summed E-state index contributed by atoms with van der Waals surface area (Å²) in [5.41, 5.74) is -0.0220. The Morgan fingerprint density at radius 2 is 1.80 bits per heavy atom. The average molecular weight is 282 g/mol. The van der Waals surface area contributed by atoms with Crippen molar-refractivity contribution < 1.29 is 4.74 Å². The van der Waals surface area contributed by atoms with E-state index in [4.69, 9.17) is 4.74 Å². The van der Waals surface area contributed by atoms with Crippen LogP contribution in [0.3, 0.4) is 0 Å². The van der Waals surface area contributed by atoms with Gasteiger partial charge in [-0.3, -0.25) is 0 Å². The van der Waals surface area contributed by atoms with E-state index >= 15 is 0 Å². The van der Waals surface area contributed by atoms with Crippen molar-refractivity contribution in [1.82, 2.24) is 10.2 Å². The highest BCUT2D eigenvalue weighted by molar-refractivity contribution is 5.00. The van der Waals surface area contributed by atoms with Gasteiger partial charge in [-0.25, -0.2) is 0 Å². The lowest BCUT2D eigenvalue weighted by Gasteiger charge is -2.36. The summed E-state index contributed by atoms with van der Waals surface area (Å²) in [4.78, 5) is 2.63. The van der Waals surface area contributed by atoms with E-state index in [9.17, 15) is 0 Å². The monoisotopic (exact) mass is 282 g/mol. The lowest BCUT2D eigenvalue weighted by Crippen LogP contribution is -2.51. The van der Waals surface area contributed by atoms with Crippen molar-refractivity contribution in [3.8, 4) is 0 Å². The van der Waals surface area contributed by atoms with Gasteiger partial charge in [0.2, 0.25) is 0 Å². The van der Waals surface area contributed by atoms with Crippen molar-refractivity contribution in [3.63, 3.8) is 0 Å². The maximum Gasteiger partial charge on any atom is 0.0787 e. The molecule has 0 aromatic rings. The summed E-state index contributed by atoms with van der Waals surface area (Å²) in [6.45, 7) is 15.0. The van der Waals surface area contributed by atoms with Crippen molar-refractivity contribution in [1.29, 1.82) is 0 Å². The Kier molecular flexibility index (Phi) is 5.14. The molecule has 3 nitrogen and oxygen atoms in total. The quantitative estimate of drug-likeness (QED) is 0.838. The maximum atomic E-state index is 6.19. The molecule has 0 radical (unpaired) electrons. The maximum absolute atomic E-state index is 6.19. The lowest BCUT2D eigenvalue weighted by molar-refractivity contribution is -0.0708. The van der Waals surface area contributed by atoms with Gasteiger partial charge in [-0.05, 0) is 73.0 Å². The van der Waals surface area contributed by atoms with Gasteiger partial charge in [0, 0.05) is 12.1 Å². The highest BCUT2D eigenvalue weighted by Crippen LogP contribution is 2.37. The molecule has 2 saturated heterocycles. The van der Waals surface area contributed by atoms with Gasteiger partial charge in [0.25, 0.3) is 0 Å². The number of nitrogens with one attached hydrogen (secondary N) is 1. The van der Waals surface area contributed by atoms with Crippen LogP contribution in [0.5, 0.6) is 0 Å². The third kappa shape index (κ3) is 4.19. The number of nitrogens with zero attached hydrogens (tertiary/aromatic N) is 1. The number of piperidine rings is 1. The van der Waals surface area contributed by atoms with Gasteiger partial charge >= 0.3 is 0 Å². The van der Waals surface area contributed by atoms with Crippen molar-refractivity contribution in [2.75, 3.05) is 19.6 Å². The van der Waals surface area contributed by atoms with Gasteiger partial charge < -0.3 is 15.0 Å². The van der Waals surface area contributed by atoms with Crippen LogP contribution in [0.4, 0.5) is 0 Å². The molecule has 20 heavy (non-hydrogen) atoms. The lowest BCUT2D eigenvalue weighted by atomic mass is 9.92. The van der Waals surface area contributed by atoms with E-state index in [1.807, 2.05) is 0 Å². The van der Waals surface area contributed by atoms with Crippen molar-refractivity contribution in [2.24, 2.45) is 0 Å². The summed E-state index contributed by atoms with van der Waals surface area (Å²) >= 11 is 0. The van der Waals surface area contributed by atoms with Gasteiger partial charge in [-0.1, -0.05) is 13.3 Å². The smallest absolute Gasteiger partial charge is 0.0787 e. The third-order valence-electron chi connectivity index (χ3n) is 4.93. The van der Waals surface area contributed by atoms with Gasteiger partial charge in [0.1, 0.15) is 0 Å².